The number of aryl methyl sites for hydroxylation is 1. The van der Waals surface area contributed by atoms with Crippen LogP contribution in [-0.4, -0.2) is 9.97 Å². The topological polar surface area (TPSA) is 25.8 Å². The van der Waals surface area contributed by atoms with Gasteiger partial charge in [0.2, 0.25) is 0 Å². The molecule has 0 saturated heterocycles. The number of hydrogen-bond donors (Lipinski definition) is 0. The largest absolute Gasteiger partial charge is 0.235 e. The van der Waals surface area contributed by atoms with Crippen molar-refractivity contribution in [2.75, 3.05) is 0 Å². The van der Waals surface area contributed by atoms with E-state index in [2.05, 4.69) is 61.1 Å². The summed E-state index contributed by atoms with van der Waals surface area (Å²) in [6.07, 6.45) is 1.49. The summed E-state index contributed by atoms with van der Waals surface area (Å²) in [5.41, 5.74) is 4.61. The van der Waals surface area contributed by atoms with Crippen molar-refractivity contribution < 1.29 is 4.11 Å². The van der Waals surface area contributed by atoms with Crippen LogP contribution in [0.5, 0.6) is 0 Å². The number of hydrogen-bond acceptors (Lipinski definition) is 3. The molecule has 0 radical (unpaired) electrons. The number of thiophene rings is 1. The van der Waals surface area contributed by atoms with Gasteiger partial charge >= 0.3 is 0 Å². The van der Waals surface area contributed by atoms with Crippen molar-refractivity contribution in [3.63, 3.8) is 0 Å². The molecule has 2 aromatic heterocycles. The van der Waals surface area contributed by atoms with Crippen LogP contribution in [0.1, 0.15) is 36.0 Å². The molecule has 3 aromatic carbocycles. The van der Waals surface area contributed by atoms with E-state index >= 15 is 0 Å². The highest BCUT2D eigenvalue weighted by atomic mass is 32.1. The summed E-state index contributed by atoms with van der Waals surface area (Å²) >= 11 is 1.46. The van der Waals surface area contributed by atoms with Gasteiger partial charge in [0.1, 0.15) is 6.33 Å². The smallest absolute Gasteiger partial charge is 0.116 e. The van der Waals surface area contributed by atoms with Gasteiger partial charge in [-0.1, -0.05) is 75.4 Å². The molecule has 3 heteroatoms. The average molecular weight is 412 g/mol. The zero-order valence-electron chi connectivity index (χ0n) is 20.2. The molecular formula is C27H24N2S. The van der Waals surface area contributed by atoms with Crippen molar-refractivity contribution in [1.29, 1.82) is 0 Å². The minimum absolute atomic E-state index is 0.0593. The zero-order chi connectivity index (χ0) is 23.4. The molecule has 30 heavy (non-hydrogen) atoms. The summed E-state index contributed by atoms with van der Waals surface area (Å²) in [7, 11) is 0. The van der Waals surface area contributed by atoms with Gasteiger partial charge in [-0.2, -0.15) is 0 Å². The molecule has 5 rings (SSSR count). The third kappa shape index (κ3) is 3.10. The average Bonchev–Trinajstić information content (AvgIpc) is 3.18. The third-order valence-electron chi connectivity index (χ3n) is 5.45. The molecule has 0 spiro atoms. The summed E-state index contributed by atoms with van der Waals surface area (Å²) < 4.78 is 25.5. The van der Waals surface area contributed by atoms with Crippen molar-refractivity contribution in [2.45, 2.75) is 33.0 Å². The van der Waals surface area contributed by atoms with E-state index in [9.17, 15) is 0 Å². The fraction of sp³-hybridized carbons (Fsp3) is 0.185. The van der Waals surface area contributed by atoms with E-state index in [1.807, 2.05) is 36.4 Å². The van der Waals surface area contributed by atoms with Gasteiger partial charge in [-0.25, -0.2) is 9.97 Å². The SMILES string of the molecule is [2H]C([2H])([2H])c1c(-c2ccccc2)sc2c(-c3cc(C(C)(C)C)c4ccccc4c3)ncnc12. The van der Waals surface area contributed by atoms with Gasteiger partial charge in [0.15, 0.2) is 0 Å². The van der Waals surface area contributed by atoms with Gasteiger partial charge in [0.25, 0.3) is 0 Å². The fourth-order valence-corrected chi connectivity index (χ4v) is 5.15. The molecule has 0 aliphatic carbocycles. The van der Waals surface area contributed by atoms with E-state index in [0.717, 1.165) is 31.8 Å². The van der Waals surface area contributed by atoms with Gasteiger partial charge in [-0.15, -0.1) is 11.3 Å². The third-order valence-corrected chi connectivity index (χ3v) is 6.69. The number of nitrogens with zero attached hydrogens (tertiary/aromatic N) is 2. The molecule has 0 atom stereocenters. The van der Waals surface area contributed by atoms with Crippen molar-refractivity contribution >= 4 is 32.3 Å². The van der Waals surface area contributed by atoms with E-state index in [-0.39, 0.29) is 5.41 Å². The summed E-state index contributed by atoms with van der Waals surface area (Å²) in [5, 5.41) is 2.36. The molecule has 0 aliphatic heterocycles. The van der Waals surface area contributed by atoms with Crippen LogP contribution in [0.2, 0.25) is 0 Å². The van der Waals surface area contributed by atoms with Crippen LogP contribution in [0.25, 0.3) is 42.7 Å². The maximum absolute atomic E-state index is 8.24. The predicted octanol–water partition coefficient (Wildman–Crippen LogP) is 7.78. The van der Waals surface area contributed by atoms with Crippen LogP contribution in [0.4, 0.5) is 0 Å². The van der Waals surface area contributed by atoms with E-state index < -0.39 is 6.85 Å². The highest BCUT2D eigenvalue weighted by molar-refractivity contribution is 7.23. The van der Waals surface area contributed by atoms with E-state index in [1.54, 1.807) is 0 Å². The minimum Gasteiger partial charge on any atom is -0.235 e. The Labute approximate surface area is 185 Å². The molecular weight excluding hydrogens is 384 g/mol. The Balaban J connectivity index is 1.84. The Bertz CT molecular complexity index is 1480. The number of aromatic nitrogens is 2. The Kier molecular flexibility index (Phi) is 3.69. The molecule has 2 nitrogen and oxygen atoms in total. The molecule has 0 bridgehead atoms. The minimum atomic E-state index is -2.28. The Morgan fingerprint density at radius 1 is 0.867 bits per heavy atom. The highest BCUT2D eigenvalue weighted by Gasteiger charge is 2.21. The summed E-state index contributed by atoms with van der Waals surface area (Å²) in [6, 6.07) is 22.4. The summed E-state index contributed by atoms with van der Waals surface area (Å²) in [6.45, 7) is 4.34. The van der Waals surface area contributed by atoms with Gasteiger partial charge in [0.05, 0.1) is 15.9 Å². The molecule has 2 heterocycles. The lowest BCUT2D eigenvalue weighted by Gasteiger charge is -2.22. The molecule has 0 saturated carbocycles. The van der Waals surface area contributed by atoms with Crippen LogP contribution in [0.15, 0.2) is 73.1 Å². The van der Waals surface area contributed by atoms with Crippen molar-refractivity contribution in [1.82, 2.24) is 9.97 Å². The second kappa shape index (κ2) is 7.03. The second-order valence-corrected chi connectivity index (χ2v) is 9.59. The number of fused-ring (bicyclic) bond motifs is 2. The van der Waals surface area contributed by atoms with Crippen LogP contribution >= 0.6 is 11.3 Å². The highest BCUT2D eigenvalue weighted by Crippen LogP contribution is 2.42. The second-order valence-electron chi connectivity index (χ2n) is 8.57. The number of rotatable bonds is 2. The lowest BCUT2D eigenvalue weighted by atomic mass is 9.82. The van der Waals surface area contributed by atoms with Crippen LogP contribution in [0, 0.1) is 6.85 Å². The van der Waals surface area contributed by atoms with Crippen LogP contribution < -0.4 is 0 Å². The lowest BCUT2D eigenvalue weighted by molar-refractivity contribution is 0.596. The molecule has 148 valence electrons. The standard InChI is InChI=1S/C27H24N2S/c1-17-23-26(30-25(17)18-10-6-5-7-11-18)24(29-16-28-23)20-14-19-12-8-9-13-21(19)22(15-20)27(2,3)4/h5-16H,1-4H3/i1D3. The quantitative estimate of drug-likeness (QED) is 0.296. The maximum atomic E-state index is 8.24. The molecule has 0 unspecified atom stereocenters. The Morgan fingerprint density at radius 2 is 1.63 bits per heavy atom. The van der Waals surface area contributed by atoms with E-state index in [4.69, 9.17) is 4.11 Å². The van der Waals surface area contributed by atoms with Gasteiger partial charge in [0, 0.05) is 14.6 Å². The molecule has 0 fully saturated rings. The molecule has 0 amide bonds. The van der Waals surface area contributed by atoms with Gasteiger partial charge < -0.3 is 0 Å². The Hall–Kier alpha value is -3.04. The normalized spacial score (nSPS) is 13.9. The summed E-state index contributed by atoms with van der Waals surface area (Å²) in [4.78, 5) is 9.83. The first-order valence-corrected chi connectivity index (χ1v) is 10.8. The fourth-order valence-electron chi connectivity index (χ4n) is 3.98. The molecule has 0 aliphatic rings. The van der Waals surface area contributed by atoms with Crippen LogP contribution in [0.3, 0.4) is 0 Å². The van der Waals surface area contributed by atoms with Gasteiger partial charge in [-0.3, -0.25) is 0 Å². The van der Waals surface area contributed by atoms with Gasteiger partial charge in [-0.05, 0) is 51.9 Å². The van der Waals surface area contributed by atoms with Crippen molar-refractivity contribution in [2.24, 2.45) is 0 Å². The zero-order valence-corrected chi connectivity index (χ0v) is 18.0. The predicted molar refractivity (Wildman–Crippen MR) is 129 cm³/mol. The monoisotopic (exact) mass is 411 g/mol. The van der Waals surface area contributed by atoms with Crippen molar-refractivity contribution in [3.8, 4) is 21.7 Å². The first-order chi connectivity index (χ1) is 15.6. The molecule has 5 aromatic rings. The number of benzene rings is 3. The molecule has 0 N–H and O–H groups in total. The first-order valence-electron chi connectivity index (χ1n) is 11.5. The first kappa shape index (κ1) is 15.8. The lowest BCUT2D eigenvalue weighted by Crippen LogP contribution is -2.12. The van der Waals surface area contributed by atoms with Crippen LogP contribution in [-0.2, 0) is 5.41 Å². The van der Waals surface area contributed by atoms with E-state index in [0.29, 0.717) is 11.1 Å². The van der Waals surface area contributed by atoms with E-state index in [1.165, 1.54) is 28.6 Å². The Morgan fingerprint density at radius 3 is 2.40 bits per heavy atom. The summed E-state index contributed by atoms with van der Waals surface area (Å²) in [5.74, 6) is 0. The maximum Gasteiger partial charge on any atom is 0.116 e. The van der Waals surface area contributed by atoms with Crippen molar-refractivity contribution in [3.05, 3.63) is 84.2 Å².